The van der Waals surface area contributed by atoms with Crippen LogP contribution in [0.15, 0.2) is 45.9 Å². The van der Waals surface area contributed by atoms with Gasteiger partial charge in [0.2, 0.25) is 0 Å². The lowest BCUT2D eigenvalue weighted by molar-refractivity contribution is 1.18. The van der Waals surface area contributed by atoms with E-state index in [1.54, 1.807) is 29.3 Å². The average Bonchev–Trinajstić information content (AvgIpc) is 2.73. The fourth-order valence-electron chi connectivity index (χ4n) is 1.63. The number of rotatable bonds is 2. The Morgan fingerprint density at radius 3 is 3.00 bits per heavy atom. The van der Waals surface area contributed by atoms with Gasteiger partial charge in [-0.1, -0.05) is 11.8 Å². The largest absolute Gasteiger partial charge is 0.399 e. The van der Waals surface area contributed by atoms with Gasteiger partial charge in [0.05, 0.1) is 10.2 Å². The van der Waals surface area contributed by atoms with Crippen molar-refractivity contribution in [2.45, 2.75) is 16.2 Å². The van der Waals surface area contributed by atoms with Crippen molar-refractivity contribution in [3.63, 3.8) is 0 Å². The van der Waals surface area contributed by atoms with E-state index in [4.69, 9.17) is 5.73 Å². The summed E-state index contributed by atoms with van der Waals surface area (Å²) in [4.78, 5) is 9.88. The van der Waals surface area contributed by atoms with Crippen LogP contribution in [0.3, 0.4) is 0 Å². The molecule has 3 rings (SSSR count). The topological polar surface area (TPSA) is 51.8 Å². The minimum absolute atomic E-state index is 0.780. The minimum Gasteiger partial charge on any atom is -0.399 e. The summed E-state index contributed by atoms with van der Waals surface area (Å²) in [5.41, 5.74) is 8.73. The van der Waals surface area contributed by atoms with E-state index in [0.29, 0.717) is 0 Å². The summed E-state index contributed by atoms with van der Waals surface area (Å²) >= 11 is 3.34. The van der Waals surface area contributed by atoms with E-state index < -0.39 is 0 Å². The number of aryl methyl sites for hydroxylation is 1. The van der Waals surface area contributed by atoms with Crippen molar-refractivity contribution < 1.29 is 0 Å². The maximum Gasteiger partial charge on any atom is 0.155 e. The molecule has 3 aromatic rings. The third-order valence-electron chi connectivity index (χ3n) is 2.56. The highest BCUT2D eigenvalue weighted by Crippen LogP contribution is 2.35. The zero-order valence-corrected chi connectivity index (χ0v) is 11.4. The standard InChI is InChI=1S/C13H11N3S2/c1-8-7-15-5-4-11(8)17-13-16-10-3-2-9(14)6-12(10)18-13/h2-7H,14H2,1H3. The Kier molecular flexibility index (Phi) is 2.93. The molecule has 5 heteroatoms. The first-order chi connectivity index (χ1) is 8.72. The van der Waals surface area contributed by atoms with Crippen molar-refractivity contribution in [1.29, 1.82) is 0 Å². The van der Waals surface area contributed by atoms with Crippen LogP contribution in [0.25, 0.3) is 10.2 Å². The van der Waals surface area contributed by atoms with Crippen molar-refractivity contribution in [3.8, 4) is 0 Å². The average molecular weight is 273 g/mol. The van der Waals surface area contributed by atoms with Gasteiger partial charge in [0.1, 0.15) is 0 Å². The molecule has 0 spiro atoms. The second-order valence-corrected chi connectivity index (χ2v) is 6.27. The number of pyridine rings is 1. The Hall–Kier alpha value is -1.59. The number of nitrogens with two attached hydrogens (primary N) is 1. The van der Waals surface area contributed by atoms with Crippen LogP contribution in [0.5, 0.6) is 0 Å². The lowest BCUT2D eigenvalue weighted by atomic mass is 10.3. The predicted molar refractivity (Wildman–Crippen MR) is 77.1 cm³/mol. The molecule has 18 heavy (non-hydrogen) atoms. The van der Waals surface area contributed by atoms with Crippen molar-refractivity contribution in [3.05, 3.63) is 42.2 Å². The zero-order chi connectivity index (χ0) is 12.5. The van der Waals surface area contributed by atoms with E-state index in [2.05, 4.69) is 16.9 Å². The number of hydrogen-bond acceptors (Lipinski definition) is 5. The summed E-state index contributed by atoms with van der Waals surface area (Å²) in [5, 5.41) is 0. The van der Waals surface area contributed by atoms with Crippen molar-refractivity contribution in [2.75, 3.05) is 5.73 Å². The van der Waals surface area contributed by atoms with Crippen molar-refractivity contribution >= 4 is 39.0 Å². The normalized spacial score (nSPS) is 10.9. The number of anilines is 1. The molecule has 90 valence electrons. The quantitative estimate of drug-likeness (QED) is 0.723. The fourth-order valence-corrected chi connectivity index (χ4v) is 3.76. The van der Waals surface area contributed by atoms with Gasteiger partial charge in [-0.2, -0.15) is 0 Å². The third-order valence-corrected chi connectivity index (χ3v) is 4.82. The Balaban J connectivity index is 1.98. The molecule has 0 unspecified atom stereocenters. The molecule has 0 saturated carbocycles. The summed E-state index contributed by atoms with van der Waals surface area (Å²) in [6.45, 7) is 2.06. The summed E-state index contributed by atoms with van der Waals surface area (Å²) < 4.78 is 2.16. The number of hydrogen-bond donors (Lipinski definition) is 1. The maximum atomic E-state index is 5.77. The molecule has 0 amide bonds. The molecule has 2 N–H and O–H groups in total. The molecule has 0 atom stereocenters. The maximum absolute atomic E-state index is 5.77. The van der Waals surface area contributed by atoms with Crippen LogP contribution >= 0.6 is 23.1 Å². The Labute approximate surface area is 113 Å². The molecule has 0 aliphatic heterocycles. The van der Waals surface area contributed by atoms with Gasteiger partial charge in [-0.25, -0.2) is 4.98 Å². The molecular formula is C13H11N3S2. The predicted octanol–water partition coefficient (Wildman–Crippen LogP) is 3.73. The van der Waals surface area contributed by atoms with E-state index in [1.165, 1.54) is 10.5 Å². The molecule has 1 aromatic carbocycles. The lowest BCUT2D eigenvalue weighted by Crippen LogP contribution is -1.81. The smallest absolute Gasteiger partial charge is 0.155 e. The second-order valence-electron chi connectivity index (χ2n) is 3.95. The van der Waals surface area contributed by atoms with Crippen molar-refractivity contribution in [2.24, 2.45) is 0 Å². The molecule has 2 heterocycles. The number of benzene rings is 1. The van der Waals surface area contributed by atoms with Crippen LogP contribution in [-0.2, 0) is 0 Å². The molecule has 3 nitrogen and oxygen atoms in total. The monoisotopic (exact) mass is 273 g/mol. The Morgan fingerprint density at radius 1 is 1.28 bits per heavy atom. The molecule has 0 saturated heterocycles. The van der Waals surface area contributed by atoms with Crippen LogP contribution in [-0.4, -0.2) is 9.97 Å². The summed E-state index contributed by atoms with van der Waals surface area (Å²) in [5.74, 6) is 0. The minimum atomic E-state index is 0.780. The van der Waals surface area contributed by atoms with Crippen LogP contribution in [0.4, 0.5) is 5.69 Å². The van der Waals surface area contributed by atoms with Gasteiger partial charge in [-0.3, -0.25) is 4.98 Å². The number of nitrogens with zero attached hydrogens (tertiary/aromatic N) is 2. The van der Waals surface area contributed by atoms with Gasteiger partial charge in [-0.05, 0) is 36.8 Å². The van der Waals surface area contributed by atoms with Crippen LogP contribution < -0.4 is 5.73 Å². The zero-order valence-electron chi connectivity index (χ0n) is 9.75. The van der Waals surface area contributed by atoms with Gasteiger partial charge >= 0.3 is 0 Å². The van der Waals surface area contributed by atoms with Gasteiger partial charge in [0, 0.05) is 23.0 Å². The number of nitrogen functional groups attached to an aromatic ring is 1. The van der Waals surface area contributed by atoms with Gasteiger partial charge in [-0.15, -0.1) is 11.3 Å². The first-order valence-electron chi connectivity index (χ1n) is 5.47. The molecule has 0 fully saturated rings. The van der Waals surface area contributed by atoms with Gasteiger partial charge < -0.3 is 5.73 Å². The third kappa shape index (κ3) is 2.19. The SMILES string of the molecule is Cc1cnccc1Sc1nc2ccc(N)cc2s1. The molecule has 0 aliphatic rings. The highest BCUT2D eigenvalue weighted by molar-refractivity contribution is 8.01. The summed E-state index contributed by atoms with van der Waals surface area (Å²) in [6, 6.07) is 7.83. The molecule has 2 aromatic heterocycles. The van der Waals surface area contributed by atoms with Crippen molar-refractivity contribution in [1.82, 2.24) is 9.97 Å². The van der Waals surface area contributed by atoms with Gasteiger partial charge in [0.25, 0.3) is 0 Å². The molecular weight excluding hydrogens is 262 g/mol. The lowest BCUT2D eigenvalue weighted by Gasteiger charge is -2.00. The summed E-state index contributed by atoms with van der Waals surface area (Å²) in [6.07, 6.45) is 3.67. The van der Waals surface area contributed by atoms with Crippen LogP contribution in [0.1, 0.15) is 5.56 Å². The van der Waals surface area contributed by atoms with E-state index in [0.717, 1.165) is 20.2 Å². The first-order valence-corrected chi connectivity index (χ1v) is 7.10. The molecule has 0 bridgehead atoms. The first kappa shape index (κ1) is 11.5. The highest BCUT2D eigenvalue weighted by atomic mass is 32.2. The van der Waals surface area contributed by atoms with E-state index in [-0.39, 0.29) is 0 Å². The van der Waals surface area contributed by atoms with E-state index >= 15 is 0 Å². The van der Waals surface area contributed by atoms with Crippen LogP contribution in [0.2, 0.25) is 0 Å². The fraction of sp³-hybridized carbons (Fsp3) is 0.0769. The number of aromatic nitrogens is 2. The van der Waals surface area contributed by atoms with Gasteiger partial charge in [0.15, 0.2) is 4.34 Å². The number of thiazole rings is 1. The summed E-state index contributed by atoms with van der Waals surface area (Å²) in [7, 11) is 0. The second kappa shape index (κ2) is 4.59. The Morgan fingerprint density at radius 2 is 2.17 bits per heavy atom. The molecule has 0 radical (unpaired) electrons. The number of fused-ring (bicyclic) bond motifs is 1. The Bertz CT molecular complexity index is 706. The van der Waals surface area contributed by atoms with E-state index in [1.807, 2.05) is 30.5 Å². The van der Waals surface area contributed by atoms with Crippen LogP contribution in [0, 0.1) is 6.92 Å². The molecule has 0 aliphatic carbocycles. The highest BCUT2D eigenvalue weighted by Gasteiger charge is 2.07. The van der Waals surface area contributed by atoms with E-state index in [9.17, 15) is 0 Å².